The van der Waals surface area contributed by atoms with Crippen molar-refractivity contribution in [3.63, 3.8) is 0 Å². The second kappa shape index (κ2) is 8.64. The van der Waals surface area contributed by atoms with Crippen LogP contribution in [0.2, 0.25) is 0 Å². The molecule has 5 rings (SSSR count). The smallest absolute Gasteiger partial charge is 0.195 e. The van der Waals surface area contributed by atoms with Crippen LogP contribution in [0.4, 0.5) is 0 Å². The highest BCUT2D eigenvalue weighted by Gasteiger charge is 2.07. The molecule has 154 valence electrons. The van der Waals surface area contributed by atoms with E-state index in [1.807, 2.05) is 54.6 Å². The number of nitrogens with zero attached hydrogens (tertiary/aromatic N) is 4. The second-order valence-electron chi connectivity index (χ2n) is 6.92. The number of hydrogen-bond acceptors (Lipinski definition) is 8. The quantitative estimate of drug-likeness (QED) is 0.322. The van der Waals surface area contributed by atoms with E-state index in [1.54, 1.807) is 0 Å². The second-order valence-corrected chi connectivity index (χ2v) is 8.98. The Morgan fingerprint density at radius 2 is 1.19 bits per heavy atom. The molecule has 2 aromatic heterocycles. The van der Waals surface area contributed by atoms with Gasteiger partial charge in [-0.2, -0.15) is 10.5 Å². The average molecular weight is 455 g/mol. The molecule has 2 heterocycles. The fraction of sp³-hybridized carbons (Fsp3) is 0.0833. The van der Waals surface area contributed by atoms with Gasteiger partial charge in [0.15, 0.2) is 10.0 Å². The summed E-state index contributed by atoms with van der Waals surface area (Å²) >= 11 is 2.71. The maximum Gasteiger partial charge on any atom is 0.195 e. The van der Waals surface area contributed by atoms with Gasteiger partial charge >= 0.3 is 0 Å². The van der Waals surface area contributed by atoms with Crippen molar-refractivity contribution in [2.45, 2.75) is 13.2 Å². The Morgan fingerprint density at radius 3 is 1.66 bits per heavy atom. The summed E-state index contributed by atoms with van der Waals surface area (Å²) in [5.74, 6) is 1.48. The summed E-state index contributed by atoms with van der Waals surface area (Å²) in [6, 6.07) is 23.5. The number of nitriles is 2. The Balaban J connectivity index is 1.23. The number of fused-ring (bicyclic) bond motifs is 2. The maximum absolute atomic E-state index is 9.00. The van der Waals surface area contributed by atoms with Crippen molar-refractivity contribution in [1.82, 2.24) is 9.97 Å². The normalized spacial score (nSPS) is 10.7. The first kappa shape index (κ1) is 20.0. The molecule has 32 heavy (non-hydrogen) atoms. The molecule has 5 aromatic rings. The lowest BCUT2D eigenvalue weighted by atomic mass is 10.1. The summed E-state index contributed by atoms with van der Waals surface area (Å²) in [4.78, 5) is 8.48. The lowest BCUT2D eigenvalue weighted by Crippen LogP contribution is -1.99. The summed E-state index contributed by atoms with van der Waals surface area (Å²) in [5, 5.41) is 18.9. The lowest BCUT2D eigenvalue weighted by Gasteiger charge is -2.09. The molecule has 0 N–H and O–H groups in total. The van der Waals surface area contributed by atoms with Crippen LogP contribution >= 0.6 is 22.7 Å². The zero-order valence-corrected chi connectivity index (χ0v) is 18.2. The Bertz CT molecular complexity index is 1410. The third-order valence-electron chi connectivity index (χ3n) is 4.71. The highest BCUT2D eigenvalue weighted by molar-refractivity contribution is 7.19. The molecule has 0 radical (unpaired) electrons. The largest absolute Gasteiger partial charge is 0.489 e. The van der Waals surface area contributed by atoms with E-state index >= 15 is 0 Å². The van der Waals surface area contributed by atoms with Crippen LogP contribution in [-0.4, -0.2) is 9.97 Å². The molecular formula is C24H14N4O2S2. The van der Waals surface area contributed by atoms with Gasteiger partial charge in [-0.15, -0.1) is 22.7 Å². The molecule has 8 heteroatoms. The molecule has 0 atom stereocenters. The molecule has 0 saturated heterocycles. The number of benzene rings is 3. The van der Waals surface area contributed by atoms with Gasteiger partial charge in [0.05, 0.1) is 20.4 Å². The van der Waals surface area contributed by atoms with E-state index in [-0.39, 0.29) is 0 Å². The topological polar surface area (TPSA) is 91.8 Å². The van der Waals surface area contributed by atoms with Crippen LogP contribution in [-0.2, 0) is 13.2 Å². The highest BCUT2D eigenvalue weighted by Crippen LogP contribution is 2.28. The summed E-state index contributed by atoms with van der Waals surface area (Å²) in [6.45, 7) is 0.847. The zero-order valence-electron chi connectivity index (χ0n) is 16.6. The van der Waals surface area contributed by atoms with Crippen molar-refractivity contribution in [2.24, 2.45) is 0 Å². The minimum atomic E-state index is 0.424. The first-order valence-electron chi connectivity index (χ1n) is 9.65. The van der Waals surface area contributed by atoms with Crippen LogP contribution in [0.1, 0.15) is 21.1 Å². The average Bonchev–Trinajstić information content (AvgIpc) is 3.44. The number of thiazole rings is 2. The number of rotatable bonds is 6. The van der Waals surface area contributed by atoms with Gasteiger partial charge in [-0.3, -0.25) is 0 Å². The van der Waals surface area contributed by atoms with E-state index in [4.69, 9.17) is 20.0 Å². The van der Waals surface area contributed by atoms with Crippen LogP contribution in [0.3, 0.4) is 0 Å². The van der Waals surface area contributed by atoms with Crippen molar-refractivity contribution in [3.05, 3.63) is 81.8 Å². The fourth-order valence-electron chi connectivity index (χ4n) is 3.23. The van der Waals surface area contributed by atoms with Crippen LogP contribution in [0.5, 0.6) is 11.5 Å². The molecule has 0 amide bonds. The fourth-order valence-corrected chi connectivity index (χ4v) is 4.81. The van der Waals surface area contributed by atoms with Gasteiger partial charge in [0.2, 0.25) is 0 Å². The Kier molecular flexibility index (Phi) is 5.39. The zero-order chi connectivity index (χ0) is 21.9. The number of ether oxygens (including phenoxy) is 2. The van der Waals surface area contributed by atoms with Crippen molar-refractivity contribution in [3.8, 4) is 23.6 Å². The molecule has 0 spiro atoms. The monoisotopic (exact) mass is 454 g/mol. The van der Waals surface area contributed by atoms with Gasteiger partial charge in [-0.1, -0.05) is 18.2 Å². The standard InChI is InChI=1S/C24H14N4O2S2/c25-11-23-27-19-6-4-17(9-21(19)31-23)29-13-15-2-1-3-16(8-15)14-30-18-5-7-20-22(10-18)32-24(12-26)28-20/h1-10H,13-14H2. The number of aromatic nitrogens is 2. The van der Waals surface area contributed by atoms with Crippen molar-refractivity contribution < 1.29 is 9.47 Å². The summed E-state index contributed by atoms with van der Waals surface area (Å²) in [7, 11) is 0. The minimum Gasteiger partial charge on any atom is -0.489 e. The van der Waals surface area contributed by atoms with E-state index < -0.39 is 0 Å². The Hall–Kier alpha value is -3.98. The third-order valence-corrected chi connectivity index (χ3v) is 6.56. The van der Waals surface area contributed by atoms with E-state index in [0.29, 0.717) is 23.2 Å². The molecule has 0 saturated carbocycles. The Morgan fingerprint density at radius 1 is 0.688 bits per heavy atom. The molecule has 0 fully saturated rings. The van der Waals surface area contributed by atoms with Crippen molar-refractivity contribution in [2.75, 3.05) is 0 Å². The SMILES string of the molecule is N#Cc1nc2ccc(OCc3cccc(COc4ccc5nc(C#N)sc5c4)c3)cc2s1. The highest BCUT2D eigenvalue weighted by atomic mass is 32.1. The molecule has 0 aliphatic carbocycles. The molecule has 0 aliphatic rings. The number of hydrogen-bond donors (Lipinski definition) is 0. The van der Waals surface area contributed by atoms with Crippen molar-refractivity contribution >= 4 is 43.1 Å². The Labute approximate surface area is 191 Å². The molecule has 0 bridgehead atoms. The predicted octanol–water partition coefficient (Wildman–Crippen LogP) is 5.81. The molecule has 0 aliphatic heterocycles. The first-order chi connectivity index (χ1) is 15.7. The van der Waals surface area contributed by atoms with Crippen molar-refractivity contribution in [1.29, 1.82) is 10.5 Å². The van der Waals surface area contributed by atoms with Gasteiger partial charge in [0.25, 0.3) is 0 Å². The van der Waals surface area contributed by atoms with E-state index in [0.717, 1.165) is 43.1 Å². The van der Waals surface area contributed by atoms with Gasteiger partial charge < -0.3 is 9.47 Å². The third kappa shape index (κ3) is 4.23. The van der Waals surface area contributed by atoms with Gasteiger partial charge in [0.1, 0.15) is 36.9 Å². The van der Waals surface area contributed by atoms with Crippen LogP contribution in [0.15, 0.2) is 60.7 Å². The summed E-state index contributed by atoms with van der Waals surface area (Å²) < 4.78 is 13.8. The van der Waals surface area contributed by atoms with Crippen LogP contribution in [0.25, 0.3) is 20.4 Å². The molecule has 3 aromatic carbocycles. The summed E-state index contributed by atoms with van der Waals surface area (Å²) in [6.07, 6.45) is 0. The van der Waals surface area contributed by atoms with E-state index in [1.165, 1.54) is 22.7 Å². The molecule has 0 unspecified atom stereocenters. The molecule has 6 nitrogen and oxygen atoms in total. The van der Waals surface area contributed by atoms with Crippen LogP contribution in [0, 0.1) is 22.7 Å². The van der Waals surface area contributed by atoms with E-state index in [9.17, 15) is 0 Å². The minimum absolute atomic E-state index is 0.424. The molecular weight excluding hydrogens is 440 g/mol. The van der Waals surface area contributed by atoms with E-state index in [2.05, 4.69) is 28.2 Å². The van der Waals surface area contributed by atoms with Crippen LogP contribution < -0.4 is 9.47 Å². The maximum atomic E-state index is 9.00. The summed E-state index contributed by atoms with van der Waals surface area (Å²) in [5.41, 5.74) is 3.67. The van der Waals surface area contributed by atoms with Gasteiger partial charge in [0, 0.05) is 0 Å². The van der Waals surface area contributed by atoms with Gasteiger partial charge in [-0.05, 0) is 53.6 Å². The lowest BCUT2D eigenvalue weighted by molar-refractivity contribution is 0.300. The predicted molar refractivity (Wildman–Crippen MR) is 124 cm³/mol. The van der Waals surface area contributed by atoms with Gasteiger partial charge in [-0.25, -0.2) is 9.97 Å². The first-order valence-corrected chi connectivity index (χ1v) is 11.3.